The molecule has 0 spiro atoms. The van der Waals surface area contributed by atoms with Gasteiger partial charge in [0.15, 0.2) is 5.96 Å². The molecule has 0 aromatic rings. The van der Waals surface area contributed by atoms with E-state index in [0.717, 1.165) is 19.5 Å². The second-order valence-electron chi connectivity index (χ2n) is 3.71. The third-order valence-corrected chi connectivity index (χ3v) is 1.86. The molecule has 0 aliphatic carbocycles. The molecule has 7 heteroatoms. The van der Waals surface area contributed by atoms with Gasteiger partial charge in [-0.15, -0.1) is 0 Å². The lowest BCUT2D eigenvalue weighted by molar-refractivity contribution is -0.173. The Morgan fingerprint density at radius 3 is 2.50 bits per heavy atom. The van der Waals surface area contributed by atoms with Crippen molar-refractivity contribution in [2.45, 2.75) is 32.9 Å². The van der Waals surface area contributed by atoms with Gasteiger partial charge in [-0.2, -0.15) is 13.2 Å². The second kappa shape index (κ2) is 9.99. The average Bonchev–Trinajstić information content (AvgIpc) is 2.29. The van der Waals surface area contributed by atoms with Crippen LogP contribution in [0.4, 0.5) is 13.2 Å². The number of nitrogens with zero attached hydrogens (tertiary/aromatic N) is 1. The van der Waals surface area contributed by atoms with Crippen LogP contribution in [0.15, 0.2) is 4.99 Å². The zero-order valence-corrected chi connectivity index (χ0v) is 10.9. The summed E-state index contributed by atoms with van der Waals surface area (Å²) in [5.74, 6) is 0.690. The van der Waals surface area contributed by atoms with Crippen LogP contribution in [0.5, 0.6) is 0 Å². The molecule has 0 bridgehead atoms. The fraction of sp³-hybridized carbons (Fsp3) is 0.909. The Morgan fingerprint density at radius 1 is 1.22 bits per heavy atom. The molecule has 0 aromatic carbocycles. The van der Waals surface area contributed by atoms with Crippen LogP contribution < -0.4 is 10.6 Å². The molecule has 0 aromatic heterocycles. The summed E-state index contributed by atoms with van der Waals surface area (Å²) in [7, 11) is 0. The molecule has 0 amide bonds. The monoisotopic (exact) mass is 269 g/mol. The SMILES string of the molecule is CCCN=C(NCC)NCCCOCC(F)(F)F. The van der Waals surface area contributed by atoms with E-state index in [-0.39, 0.29) is 6.61 Å². The number of rotatable bonds is 8. The van der Waals surface area contributed by atoms with Crippen molar-refractivity contribution in [1.82, 2.24) is 10.6 Å². The van der Waals surface area contributed by atoms with E-state index in [1.807, 2.05) is 13.8 Å². The Kier molecular flexibility index (Phi) is 9.45. The van der Waals surface area contributed by atoms with Crippen molar-refractivity contribution in [2.24, 2.45) is 4.99 Å². The molecule has 4 nitrogen and oxygen atoms in total. The number of ether oxygens (including phenoxy) is 1. The van der Waals surface area contributed by atoms with Gasteiger partial charge in [-0.1, -0.05) is 6.92 Å². The molecule has 0 aliphatic heterocycles. The van der Waals surface area contributed by atoms with Gasteiger partial charge in [0, 0.05) is 26.2 Å². The summed E-state index contributed by atoms with van der Waals surface area (Å²) < 4.78 is 39.8. The van der Waals surface area contributed by atoms with E-state index >= 15 is 0 Å². The predicted octanol–water partition coefficient (Wildman–Crippen LogP) is 1.92. The minimum Gasteiger partial charge on any atom is -0.372 e. The Bertz CT molecular complexity index is 232. The highest BCUT2D eigenvalue weighted by atomic mass is 19.4. The first-order chi connectivity index (χ1) is 8.49. The van der Waals surface area contributed by atoms with Crippen LogP contribution >= 0.6 is 0 Å². The lowest BCUT2D eigenvalue weighted by atomic mass is 10.4. The highest BCUT2D eigenvalue weighted by Gasteiger charge is 2.27. The fourth-order valence-electron chi connectivity index (χ4n) is 1.13. The van der Waals surface area contributed by atoms with Crippen molar-refractivity contribution in [2.75, 3.05) is 32.8 Å². The topological polar surface area (TPSA) is 45.7 Å². The van der Waals surface area contributed by atoms with E-state index in [4.69, 9.17) is 0 Å². The van der Waals surface area contributed by atoms with Gasteiger partial charge in [0.2, 0.25) is 0 Å². The van der Waals surface area contributed by atoms with Gasteiger partial charge in [-0.3, -0.25) is 4.99 Å². The summed E-state index contributed by atoms with van der Waals surface area (Å²) in [6.45, 7) is 4.89. The second-order valence-corrected chi connectivity index (χ2v) is 3.71. The highest BCUT2D eigenvalue weighted by Crippen LogP contribution is 2.14. The largest absolute Gasteiger partial charge is 0.411 e. The fourth-order valence-corrected chi connectivity index (χ4v) is 1.13. The maximum atomic E-state index is 11.8. The minimum atomic E-state index is -4.25. The molecule has 0 aliphatic rings. The van der Waals surface area contributed by atoms with E-state index in [9.17, 15) is 13.2 Å². The van der Waals surface area contributed by atoms with Crippen LogP contribution in [0.3, 0.4) is 0 Å². The van der Waals surface area contributed by atoms with Crippen molar-refractivity contribution in [3.63, 3.8) is 0 Å². The first-order valence-corrected chi connectivity index (χ1v) is 6.16. The average molecular weight is 269 g/mol. The van der Waals surface area contributed by atoms with Crippen LogP contribution in [0.25, 0.3) is 0 Å². The van der Waals surface area contributed by atoms with Gasteiger partial charge >= 0.3 is 6.18 Å². The molecule has 0 heterocycles. The zero-order chi connectivity index (χ0) is 13.9. The first kappa shape index (κ1) is 17.0. The maximum Gasteiger partial charge on any atom is 0.411 e. The molecule has 0 saturated heterocycles. The van der Waals surface area contributed by atoms with E-state index in [1.165, 1.54) is 0 Å². The molecule has 0 saturated carbocycles. The van der Waals surface area contributed by atoms with Gasteiger partial charge in [0.1, 0.15) is 6.61 Å². The summed E-state index contributed by atoms with van der Waals surface area (Å²) >= 11 is 0. The summed E-state index contributed by atoms with van der Waals surface area (Å²) in [6.07, 6.45) is -2.79. The van der Waals surface area contributed by atoms with Crippen LogP contribution in [0.1, 0.15) is 26.7 Å². The normalized spacial score (nSPS) is 12.6. The molecule has 18 heavy (non-hydrogen) atoms. The first-order valence-electron chi connectivity index (χ1n) is 6.16. The van der Waals surface area contributed by atoms with Gasteiger partial charge in [0.05, 0.1) is 0 Å². The quantitative estimate of drug-likeness (QED) is 0.402. The van der Waals surface area contributed by atoms with Crippen LogP contribution in [0.2, 0.25) is 0 Å². The van der Waals surface area contributed by atoms with Gasteiger partial charge < -0.3 is 15.4 Å². The van der Waals surface area contributed by atoms with Crippen molar-refractivity contribution in [3.05, 3.63) is 0 Å². The molecule has 0 atom stereocenters. The van der Waals surface area contributed by atoms with E-state index in [2.05, 4.69) is 20.4 Å². The van der Waals surface area contributed by atoms with Gasteiger partial charge in [-0.05, 0) is 19.8 Å². The van der Waals surface area contributed by atoms with Crippen molar-refractivity contribution in [1.29, 1.82) is 0 Å². The molecule has 108 valence electrons. The molecule has 2 N–H and O–H groups in total. The standard InChI is InChI=1S/C11H22F3N3O/c1-3-6-16-10(15-4-2)17-7-5-8-18-9-11(12,13)14/h3-9H2,1-2H3,(H2,15,16,17). The van der Waals surface area contributed by atoms with Crippen LogP contribution in [0, 0.1) is 0 Å². The number of guanidine groups is 1. The molecule has 0 unspecified atom stereocenters. The zero-order valence-electron chi connectivity index (χ0n) is 10.9. The van der Waals surface area contributed by atoms with E-state index in [0.29, 0.717) is 18.9 Å². The van der Waals surface area contributed by atoms with E-state index < -0.39 is 12.8 Å². The lowest BCUT2D eigenvalue weighted by Gasteiger charge is -2.11. The number of halogens is 3. The molecular formula is C11H22F3N3O. The van der Waals surface area contributed by atoms with Crippen LogP contribution in [-0.2, 0) is 4.74 Å². The number of hydrogen-bond donors (Lipinski definition) is 2. The Balaban J connectivity index is 3.61. The van der Waals surface area contributed by atoms with Crippen molar-refractivity contribution >= 4 is 5.96 Å². The Hall–Kier alpha value is -0.980. The molecule has 0 rings (SSSR count). The Morgan fingerprint density at radius 2 is 1.94 bits per heavy atom. The van der Waals surface area contributed by atoms with Crippen LogP contribution in [-0.4, -0.2) is 45.0 Å². The summed E-state index contributed by atoms with van der Waals surface area (Å²) in [5.41, 5.74) is 0. The van der Waals surface area contributed by atoms with Crippen molar-refractivity contribution < 1.29 is 17.9 Å². The molecular weight excluding hydrogens is 247 g/mol. The lowest BCUT2D eigenvalue weighted by Crippen LogP contribution is -2.38. The number of nitrogens with one attached hydrogen (secondary N) is 2. The summed E-state index contributed by atoms with van der Waals surface area (Å²) in [4.78, 5) is 4.26. The summed E-state index contributed by atoms with van der Waals surface area (Å²) in [6, 6.07) is 0. The third-order valence-electron chi connectivity index (χ3n) is 1.86. The molecule has 0 fully saturated rings. The third kappa shape index (κ3) is 11.5. The Labute approximate surface area is 106 Å². The smallest absolute Gasteiger partial charge is 0.372 e. The maximum absolute atomic E-state index is 11.8. The summed E-state index contributed by atoms with van der Waals surface area (Å²) in [5, 5.41) is 6.08. The molecule has 0 radical (unpaired) electrons. The number of hydrogen-bond acceptors (Lipinski definition) is 2. The number of alkyl halides is 3. The number of aliphatic imine (C=N–C) groups is 1. The van der Waals surface area contributed by atoms with Gasteiger partial charge in [-0.25, -0.2) is 0 Å². The predicted molar refractivity (Wildman–Crippen MR) is 65.8 cm³/mol. The van der Waals surface area contributed by atoms with Crippen molar-refractivity contribution in [3.8, 4) is 0 Å². The van der Waals surface area contributed by atoms with E-state index in [1.54, 1.807) is 0 Å². The minimum absolute atomic E-state index is 0.0830. The van der Waals surface area contributed by atoms with Gasteiger partial charge in [0.25, 0.3) is 0 Å². The highest BCUT2D eigenvalue weighted by molar-refractivity contribution is 5.79.